The lowest BCUT2D eigenvalue weighted by Gasteiger charge is -2.30. The van der Waals surface area contributed by atoms with Gasteiger partial charge in [0.2, 0.25) is 5.91 Å². The van der Waals surface area contributed by atoms with E-state index in [1.807, 2.05) is 6.92 Å². The lowest BCUT2D eigenvalue weighted by molar-refractivity contribution is -0.122. The third-order valence-electron chi connectivity index (χ3n) is 2.93. The molecule has 0 unspecified atom stereocenters. The van der Waals surface area contributed by atoms with Gasteiger partial charge in [-0.3, -0.25) is 4.79 Å². The molecule has 2 fully saturated rings. The molecule has 1 aliphatic carbocycles. The lowest BCUT2D eigenvalue weighted by Crippen LogP contribution is -2.44. The number of aryl methyl sites for hydroxylation is 1. The van der Waals surface area contributed by atoms with Crippen molar-refractivity contribution in [1.82, 2.24) is 5.16 Å². The number of anilines is 1. The average Bonchev–Trinajstić information content (AvgIpc) is 2.93. The maximum Gasteiger partial charge on any atom is 0.228 e. The summed E-state index contributed by atoms with van der Waals surface area (Å²) in [4.78, 5) is 13.1. The van der Waals surface area contributed by atoms with E-state index in [1.165, 1.54) is 12.8 Å². The van der Waals surface area contributed by atoms with Crippen molar-refractivity contribution in [3.63, 3.8) is 0 Å². The van der Waals surface area contributed by atoms with E-state index in [-0.39, 0.29) is 5.91 Å². The van der Waals surface area contributed by atoms with Crippen molar-refractivity contribution < 1.29 is 9.32 Å². The van der Waals surface area contributed by atoms with E-state index in [2.05, 4.69) is 5.16 Å². The summed E-state index contributed by atoms with van der Waals surface area (Å²) in [7, 11) is 0. The van der Waals surface area contributed by atoms with Gasteiger partial charge in [-0.2, -0.15) is 0 Å². The van der Waals surface area contributed by atoms with Crippen molar-refractivity contribution in [1.29, 1.82) is 0 Å². The minimum absolute atomic E-state index is 0.193. The fourth-order valence-corrected chi connectivity index (χ4v) is 1.88. The molecule has 1 saturated heterocycles. The predicted molar refractivity (Wildman–Crippen MR) is 50.2 cm³/mol. The first kappa shape index (κ1) is 8.03. The number of nitrogens with zero attached hydrogens (tertiary/aromatic N) is 2. The standard InChI is InChI=1S/C10H12N2O2/c1-6-9(12-5-4-8(12)13)10(14-11-6)7-2-3-7/h7H,2-5H2,1H3. The van der Waals surface area contributed by atoms with Crippen LogP contribution in [0.25, 0.3) is 0 Å². The van der Waals surface area contributed by atoms with Crippen LogP contribution in [0.3, 0.4) is 0 Å². The third-order valence-corrected chi connectivity index (χ3v) is 2.93. The highest BCUT2D eigenvalue weighted by atomic mass is 16.5. The van der Waals surface area contributed by atoms with Crippen molar-refractivity contribution >= 4 is 11.6 Å². The van der Waals surface area contributed by atoms with Crippen molar-refractivity contribution in [3.8, 4) is 0 Å². The van der Waals surface area contributed by atoms with Crippen LogP contribution in [-0.2, 0) is 4.79 Å². The van der Waals surface area contributed by atoms with Crippen LogP contribution in [0.2, 0.25) is 0 Å². The van der Waals surface area contributed by atoms with Crippen molar-refractivity contribution in [2.45, 2.75) is 32.1 Å². The van der Waals surface area contributed by atoms with Gasteiger partial charge in [0, 0.05) is 18.9 Å². The quantitative estimate of drug-likeness (QED) is 0.668. The molecule has 14 heavy (non-hydrogen) atoms. The summed E-state index contributed by atoms with van der Waals surface area (Å²) in [6.45, 7) is 2.72. The molecular weight excluding hydrogens is 180 g/mol. The van der Waals surface area contributed by atoms with E-state index in [0.29, 0.717) is 12.3 Å². The molecule has 0 atom stereocenters. The number of amides is 1. The summed E-state index contributed by atoms with van der Waals surface area (Å²) < 4.78 is 5.28. The number of hydrogen-bond donors (Lipinski definition) is 0. The van der Waals surface area contributed by atoms with Crippen LogP contribution in [-0.4, -0.2) is 17.6 Å². The van der Waals surface area contributed by atoms with Gasteiger partial charge < -0.3 is 9.42 Å². The minimum atomic E-state index is 0.193. The van der Waals surface area contributed by atoms with Gasteiger partial charge in [-0.15, -0.1) is 0 Å². The first-order valence-electron chi connectivity index (χ1n) is 5.04. The highest BCUT2D eigenvalue weighted by molar-refractivity contribution is 6.00. The Morgan fingerprint density at radius 1 is 1.50 bits per heavy atom. The van der Waals surface area contributed by atoms with E-state index in [9.17, 15) is 4.79 Å². The topological polar surface area (TPSA) is 46.3 Å². The van der Waals surface area contributed by atoms with E-state index in [4.69, 9.17) is 4.52 Å². The fourth-order valence-electron chi connectivity index (χ4n) is 1.88. The first-order chi connectivity index (χ1) is 6.77. The van der Waals surface area contributed by atoms with Crippen LogP contribution >= 0.6 is 0 Å². The van der Waals surface area contributed by atoms with Gasteiger partial charge in [0.1, 0.15) is 11.4 Å². The molecule has 0 spiro atoms. The van der Waals surface area contributed by atoms with Gasteiger partial charge in [-0.25, -0.2) is 0 Å². The number of aromatic nitrogens is 1. The van der Waals surface area contributed by atoms with Gasteiger partial charge in [-0.1, -0.05) is 5.16 Å². The fraction of sp³-hybridized carbons (Fsp3) is 0.600. The Morgan fingerprint density at radius 2 is 2.29 bits per heavy atom. The molecule has 0 aromatic carbocycles. The van der Waals surface area contributed by atoms with Gasteiger partial charge >= 0.3 is 0 Å². The molecular formula is C10H12N2O2. The molecule has 4 nitrogen and oxygen atoms in total. The van der Waals surface area contributed by atoms with Crippen molar-refractivity contribution in [2.75, 3.05) is 11.4 Å². The Morgan fingerprint density at radius 3 is 2.79 bits per heavy atom. The molecule has 2 aliphatic rings. The maximum atomic E-state index is 11.3. The molecule has 1 aromatic heterocycles. The number of carbonyl (C=O) groups is 1. The molecule has 4 heteroatoms. The summed E-state index contributed by atoms with van der Waals surface area (Å²) in [5.41, 5.74) is 1.80. The maximum absolute atomic E-state index is 11.3. The van der Waals surface area contributed by atoms with Gasteiger partial charge in [-0.05, 0) is 19.8 Å². The van der Waals surface area contributed by atoms with Crippen molar-refractivity contribution in [2.24, 2.45) is 0 Å². The number of β-lactam (4-membered cyclic amide) rings is 1. The van der Waals surface area contributed by atoms with Gasteiger partial charge in [0.05, 0.1) is 0 Å². The van der Waals surface area contributed by atoms with Crippen molar-refractivity contribution in [3.05, 3.63) is 11.5 Å². The zero-order valence-corrected chi connectivity index (χ0v) is 8.12. The summed E-state index contributed by atoms with van der Waals surface area (Å²) in [5, 5.41) is 3.95. The largest absolute Gasteiger partial charge is 0.359 e. The Kier molecular flexibility index (Phi) is 1.48. The molecule has 0 N–H and O–H groups in total. The Balaban J connectivity index is 2.01. The summed E-state index contributed by atoms with van der Waals surface area (Å²) in [5.74, 6) is 1.63. The summed E-state index contributed by atoms with van der Waals surface area (Å²) in [6.07, 6.45) is 3.00. The van der Waals surface area contributed by atoms with Crippen LogP contribution in [0.15, 0.2) is 4.52 Å². The Hall–Kier alpha value is -1.32. The number of rotatable bonds is 2. The van der Waals surface area contributed by atoms with Crippen LogP contribution in [0.5, 0.6) is 0 Å². The van der Waals surface area contributed by atoms with E-state index < -0.39 is 0 Å². The SMILES string of the molecule is Cc1noc(C2CC2)c1N1CCC1=O. The molecule has 3 rings (SSSR count). The van der Waals surface area contributed by atoms with Crippen LogP contribution < -0.4 is 4.90 Å². The average molecular weight is 192 g/mol. The zero-order valence-electron chi connectivity index (χ0n) is 8.12. The third kappa shape index (κ3) is 0.997. The van der Waals surface area contributed by atoms with Crippen LogP contribution in [0, 0.1) is 6.92 Å². The predicted octanol–water partition coefficient (Wildman–Crippen LogP) is 1.60. The molecule has 1 aliphatic heterocycles. The molecule has 0 bridgehead atoms. The van der Waals surface area contributed by atoms with E-state index in [0.717, 1.165) is 23.7 Å². The zero-order chi connectivity index (χ0) is 9.71. The molecule has 74 valence electrons. The molecule has 1 aromatic rings. The second-order valence-corrected chi connectivity index (χ2v) is 4.05. The summed E-state index contributed by atoms with van der Waals surface area (Å²) >= 11 is 0. The van der Waals surface area contributed by atoms with E-state index in [1.54, 1.807) is 4.90 Å². The van der Waals surface area contributed by atoms with Crippen LogP contribution in [0.4, 0.5) is 5.69 Å². The number of carbonyl (C=O) groups excluding carboxylic acids is 1. The van der Waals surface area contributed by atoms with Gasteiger partial charge in [0.15, 0.2) is 5.76 Å². The second-order valence-electron chi connectivity index (χ2n) is 4.05. The Labute approximate surface area is 81.9 Å². The molecule has 0 radical (unpaired) electrons. The van der Waals surface area contributed by atoms with Crippen LogP contribution in [0.1, 0.15) is 36.6 Å². The number of hydrogen-bond acceptors (Lipinski definition) is 3. The summed E-state index contributed by atoms with van der Waals surface area (Å²) in [6, 6.07) is 0. The highest BCUT2D eigenvalue weighted by Crippen LogP contribution is 2.46. The molecule has 2 heterocycles. The second kappa shape index (κ2) is 2.59. The molecule has 1 saturated carbocycles. The normalized spacial score (nSPS) is 21.2. The highest BCUT2D eigenvalue weighted by Gasteiger charge is 2.37. The van der Waals surface area contributed by atoms with Gasteiger partial charge in [0.25, 0.3) is 0 Å². The first-order valence-corrected chi connectivity index (χ1v) is 5.04. The monoisotopic (exact) mass is 192 g/mol. The lowest BCUT2D eigenvalue weighted by atomic mass is 10.1. The Bertz CT molecular complexity index is 393. The van der Waals surface area contributed by atoms with E-state index >= 15 is 0 Å². The molecule has 1 amide bonds. The minimum Gasteiger partial charge on any atom is -0.359 e. The smallest absolute Gasteiger partial charge is 0.228 e.